The Hall–Kier alpha value is -1.35. The van der Waals surface area contributed by atoms with Crippen molar-refractivity contribution in [3.8, 4) is 5.75 Å². The molecular weight excluding hydrogens is 250 g/mol. The Labute approximate surface area is 111 Å². The molecule has 0 saturated heterocycles. The Balaban J connectivity index is 2.06. The van der Waals surface area contributed by atoms with Crippen molar-refractivity contribution in [2.24, 2.45) is 10.4 Å². The molecule has 2 aliphatic rings. The van der Waals surface area contributed by atoms with Crippen molar-refractivity contribution in [1.29, 1.82) is 0 Å². The number of ketones is 1. The number of carbonyl (C=O) groups excluding carboxylic acids is 1. The maximum absolute atomic E-state index is 12.1. The van der Waals surface area contributed by atoms with Crippen molar-refractivity contribution in [3.63, 3.8) is 0 Å². The number of carbonyl (C=O) groups is 1. The second kappa shape index (κ2) is 3.82. The van der Waals surface area contributed by atoms with Gasteiger partial charge in [0.15, 0.2) is 11.9 Å². The number of benzene rings is 1. The van der Waals surface area contributed by atoms with Gasteiger partial charge in [0, 0.05) is 11.4 Å². The van der Waals surface area contributed by atoms with Gasteiger partial charge in [0.25, 0.3) is 0 Å². The predicted octanol–water partition coefficient (Wildman–Crippen LogP) is 3.56. The molecule has 3 nitrogen and oxygen atoms in total. The Morgan fingerprint density at radius 1 is 1.39 bits per heavy atom. The van der Waals surface area contributed by atoms with Crippen molar-refractivity contribution in [2.75, 3.05) is 0 Å². The van der Waals surface area contributed by atoms with Crippen LogP contribution in [0.25, 0.3) is 0 Å². The normalized spacial score (nSPS) is 24.7. The zero-order chi connectivity index (χ0) is 12.9. The van der Waals surface area contributed by atoms with Crippen molar-refractivity contribution in [3.05, 3.63) is 23.2 Å². The highest BCUT2D eigenvalue weighted by molar-refractivity contribution is 6.31. The average Bonchev–Trinajstić information content (AvgIpc) is 2.25. The first-order chi connectivity index (χ1) is 8.44. The zero-order valence-corrected chi connectivity index (χ0v) is 11.1. The summed E-state index contributed by atoms with van der Waals surface area (Å²) in [4.78, 5) is 16.6. The fourth-order valence-electron chi connectivity index (χ4n) is 2.59. The molecule has 0 N–H and O–H groups in total. The highest BCUT2D eigenvalue weighted by Crippen LogP contribution is 2.41. The number of nitrogens with zero attached hydrogens (tertiary/aromatic N) is 1. The van der Waals surface area contributed by atoms with E-state index < -0.39 is 6.10 Å². The molecule has 18 heavy (non-hydrogen) atoms. The van der Waals surface area contributed by atoms with E-state index >= 15 is 0 Å². The maximum atomic E-state index is 12.1. The van der Waals surface area contributed by atoms with Crippen LogP contribution in [0.15, 0.2) is 23.2 Å². The van der Waals surface area contributed by atoms with Crippen molar-refractivity contribution in [2.45, 2.75) is 32.8 Å². The van der Waals surface area contributed by atoms with Gasteiger partial charge in [-0.3, -0.25) is 4.79 Å². The third-order valence-electron chi connectivity index (χ3n) is 3.34. The second-order valence-electron chi connectivity index (χ2n) is 5.70. The maximum Gasteiger partial charge on any atom is 0.195 e. The standard InChI is InChI=1S/C14H14ClNO2/c1-14(2)6-10-13(11(17)7-14)18-12-4-3-8(15)5-9(12)16-10/h3-5,13H,6-7H2,1-2H3/t13-/m1/s1. The third kappa shape index (κ3) is 1.93. The highest BCUT2D eigenvalue weighted by Gasteiger charge is 2.41. The van der Waals surface area contributed by atoms with Gasteiger partial charge in [-0.2, -0.15) is 0 Å². The van der Waals surface area contributed by atoms with E-state index in [1.807, 2.05) is 0 Å². The van der Waals surface area contributed by atoms with Crippen LogP contribution in [0.1, 0.15) is 26.7 Å². The van der Waals surface area contributed by atoms with Crippen LogP contribution in [0.5, 0.6) is 5.75 Å². The first kappa shape index (κ1) is 11.7. The van der Waals surface area contributed by atoms with E-state index in [0.717, 1.165) is 17.8 Å². The number of hydrogen-bond acceptors (Lipinski definition) is 3. The van der Waals surface area contributed by atoms with Gasteiger partial charge in [-0.05, 0) is 30.0 Å². The molecule has 1 saturated carbocycles. The van der Waals surface area contributed by atoms with Crippen LogP contribution in [0.4, 0.5) is 5.69 Å². The Bertz CT molecular complexity index is 563. The fourth-order valence-corrected chi connectivity index (χ4v) is 2.75. The lowest BCUT2D eigenvalue weighted by atomic mass is 9.74. The Morgan fingerprint density at radius 2 is 2.17 bits per heavy atom. The van der Waals surface area contributed by atoms with Gasteiger partial charge >= 0.3 is 0 Å². The quantitative estimate of drug-likeness (QED) is 0.718. The van der Waals surface area contributed by atoms with Crippen LogP contribution < -0.4 is 4.74 Å². The van der Waals surface area contributed by atoms with Crippen LogP contribution >= 0.6 is 11.6 Å². The third-order valence-corrected chi connectivity index (χ3v) is 3.57. The molecular formula is C14H14ClNO2. The molecule has 1 aromatic rings. The lowest BCUT2D eigenvalue weighted by Crippen LogP contribution is -2.46. The number of aliphatic imine (C=N–C) groups is 1. The molecule has 1 aliphatic carbocycles. The first-order valence-corrected chi connectivity index (χ1v) is 6.39. The fraction of sp³-hybridized carbons (Fsp3) is 0.429. The summed E-state index contributed by atoms with van der Waals surface area (Å²) in [6, 6.07) is 5.29. The minimum atomic E-state index is -0.494. The minimum Gasteiger partial charge on any atom is -0.474 e. The molecule has 1 fully saturated rings. The summed E-state index contributed by atoms with van der Waals surface area (Å²) in [5.74, 6) is 0.756. The number of halogens is 1. The number of hydrogen-bond donors (Lipinski definition) is 0. The summed E-state index contributed by atoms with van der Waals surface area (Å²) in [6.45, 7) is 4.16. The topological polar surface area (TPSA) is 38.7 Å². The van der Waals surface area contributed by atoms with E-state index in [9.17, 15) is 4.79 Å². The lowest BCUT2D eigenvalue weighted by Gasteiger charge is -2.36. The van der Waals surface area contributed by atoms with Crippen molar-refractivity contribution in [1.82, 2.24) is 0 Å². The zero-order valence-electron chi connectivity index (χ0n) is 10.4. The van der Waals surface area contributed by atoms with E-state index in [1.165, 1.54) is 0 Å². The Kier molecular flexibility index (Phi) is 2.49. The number of ether oxygens (including phenoxy) is 1. The second-order valence-corrected chi connectivity index (χ2v) is 6.13. The van der Waals surface area contributed by atoms with E-state index in [1.54, 1.807) is 18.2 Å². The molecule has 0 amide bonds. The molecule has 1 aromatic carbocycles. The molecule has 3 rings (SSSR count). The SMILES string of the molecule is CC1(C)CC(=O)[C@@H]2Oc3ccc(Cl)cc3N=C2C1. The van der Waals surface area contributed by atoms with E-state index in [-0.39, 0.29) is 11.2 Å². The van der Waals surface area contributed by atoms with Gasteiger partial charge in [-0.15, -0.1) is 0 Å². The minimum absolute atomic E-state index is 0.0359. The van der Waals surface area contributed by atoms with E-state index in [4.69, 9.17) is 16.3 Å². The summed E-state index contributed by atoms with van der Waals surface area (Å²) in [7, 11) is 0. The Morgan fingerprint density at radius 3 is 2.94 bits per heavy atom. The van der Waals surface area contributed by atoms with Crippen LogP contribution in [0.2, 0.25) is 5.02 Å². The number of rotatable bonds is 0. The molecule has 1 atom stereocenters. The van der Waals surface area contributed by atoms with Crippen LogP contribution in [-0.4, -0.2) is 17.6 Å². The predicted molar refractivity (Wildman–Crippen MR) is 71.0 cm³/mol. The first-order valence-electron chi connectivity index (χ1n) is 6.01. The molecule has 0 aromatic heterocycles. The molecule has 4 heteroatoms. The molecule has 0 unspecified atom stereocenters. The number of fused-ring (bicyclic) bond motifs is 2. The van der Waals surface area contributed by atoms with Gasteiger partial charge in [0.1, 0.15) is 11.4 Å². The monoisotopic (exact) mass is 263 g/mol. The average molecular weight is 264 g/mol. The van der Waals surface area contributed by atoms with Gasteiger partial charge in [-0.25, -0.2) is 4.99 Å². The van der Waals surface area contributed by atoms with E-state index in [0.29, 0.717) is 17.2 Å². The largest absolute Gasteiger partial charge is 0.474 e. The van der Waals surface area contributed by atoms with Gasteiger partial charge in [0.05, 0.1) is 5.71 Å². The highest BCUT2D eigenvalue weighted by atomic mass is 35.5. The smallest absolute Gasteiger partial charge is 0.195 e. The van der Waals surface area contributed by atoms with Crippen LogP contribution in [0.3, 0.4) is 0 Å². The van der Waals surface area contributed by atoms with E-state index in [2.05, 4.69) is 18.8 Å². The summed E-state index contributed by atoms with van der Waals surface area (Å²) in [5, 5.41) is 0.626. The lowest BCUT2D eigenvalue weighted by molar-refractivity contribution is -0.126. The molecule has 0 spiro atoms. The molecule has 94 valence electrons. The van der Waals surface area contributed by atoms with Crippen LogP contribution in [-0.2, 0) is 4.79 Å². The van der Waals surface area contributed by atoms with Crippen LogP contribution in [0, 0.1) is 5.41 Å². The van der Waals surface area contributed by atoms with Gasteiger partial charge < -0.3 is 4.74 Å². The molecule has 1 heterocycles. The molecule has 0 radical (unpaired) electrons. The van der Waals surface area contributed by atoms with Crippen molar-refractivity contribution >= 4 is 28.8 Å². The van der Waals surface area contributed by atoms with Crippen molar-refractivity contribution < 1.29 is 9.53 Å². The summed E-state index contributed by atoms with van der Waals surface area (Å²) in [6.07, 6.45) is 0.835. The molecule has 1 aliphatic heterocycles. The summed E-state index contributed by atoms with van der Waals surface area (Å²) < 4.78 is 5.76. The van der Waals surface area contributed by atoms with Gasteiger partial charge in [0.2, 0.25) is 0 Å². The van der Waals surface area contributed by atoms with Gasteiger partial charge in [-0.1, -0.05) is 25.4 Å². The summed E-state index contributed by atoms with van der Waals surface area (Å²) >= 11 is 5.94. The molecule has 0 bridgehead atoms. The number of Topliss-reactive ketones (excluding diaryl/α,β-unsaturated/α-hetero) is 1. The summed E-state index contributed by atoms with van der Waals surface area (Å²) in [5.41, 5.74) is 1.51.